The van der Waals surface area contributed by atoms with Gasteiger partial charge in [0.2, 0.25) is 6.41 Å². The van der Waals surface area contributed by atoms with Crippen molar-refractivity contribution in [3.63, 3.8) is 0 Å². The molecule has 1 aliphatic heterocycles. The average molecular weight is 189 g/mol. The van der Waals surface area contributed by atoms with Crippen LogP contribution in [0.2, 0.25) is 0 Å². The van der Waals surface area contributed by atoms with E-state index in [-0.39, 0.29) is 0 Å². The quantitative estimate of drug-likeness (QED) is 0.654. The molecule has 0 spiro atoms. The van der Waals surface area contributed by atoms with Gasteiger partial charge in [0.25, 0.3) is 0 Å². The van der Waals surface area contributed by atoms with Crippen LogP contribution < -0.4 is 0 Å². The van der Waals surface area contributed by atoms with Crippen LogP contribution in [0.5, 0.6) is 0 Å². The van der Waals surface area contributed by atoms with Crippen LogP contribution in [0.4, 0.5) is 0 Å². The molecule has 0 radical (unpaired) electrons. The number of hydrogen-bond donors (Lipinski definition) is 0. The van der Waals surface area contributed by atoms with Gasteiger partial charge < -0.3 is 4.90 Å². The number of hydrogen-bond acceptors (Lipinski definition) is 1. The van der Waals surface area contributed by atoms with Crippen molar-refractivity contribution in [2.24, 2.45) is 0 Å². The van der Waals surface area contributed by atoms with Gasteiger partial charge >= 0.3 is 0 Å². The van der Waals surface area contributed by atoms with Gasteiger partial charge in [0.1, 0.15) is 0 Å². The Balaban J connectivity index is 2.19. The van der Waals surface area contributed by atoms with Crippen molar-refractivity contribution in [3.05, 3.63) is 35.9 Å². The molecule has 1 heterocycles. The fourth-order valence-electron chi connectivity index (χ4n) is 2.11. The van der Waals surface area contributed by atoms with Crippen LogP contribution in [0.15, 0.2) is 30.3 Å². The Morgan fingerprint density at radius 1 is 1.21 bits per heavy atom. The summed E-state index contributed by atoms with van der Waals surface area (Å²) in [7, 11) is 0. The Hall–Kier alpha value is -1.31. The number of carbonyl (C=O) groups is 1. The third-order valence-electron chi connectivity index (χ3n) is 2.86. The molecule has 1 aromatic carbocycles. The molecule has 1 fully saturated rings. The van der Waals surface area contributed by atoms with Gasteiger partial charge in [-0.15, -0.1) is 0 Å². The van der Waals surface area contributed by atoms with Crippen molar-refractivity contribution in [3.8, 4) is 0 Å². The molecule has 2 nitrogen and oxygen atoms in total. The first-order chi connectivity index (χ1) is 6.92. The van der Waals surface area contributed by atoms with Crippen molar-refractivity contribution in [1.29, 1.82) is 0 Å². The summed E-state index contributed by atoms with van der Waals surface area (Å²) in [5.74, 6) is 0. The van der Waals surface area contributed by atoms with Crippen molar-refractivity contribution >= 4 is 6.41 Å². The van der Waals surface area contributed by atoms with E-state index in [0.29, 0.717) is 6.04 Å². The van der Waals surface area contributed by atoms with Crippen LogP contribution in [0.3, 0.4) is 0 Å². The highest BCUT2D eigenvalue weighted by Gasteiger charge is 2.21. The minimum absolute atomic E-state index is 0.308. The number of benzene rings is 1. The lowest BCUT2D eigenvalue weighted by atomic mass is 9.96. The molecule has 2 heteroatoms. The smallest absolute Gasteiger partial charge is 0.210 e. The molecule has 1 aromatic rings. The van der Waals surface area contributed by atoms with E-state index in [2.05, 4.69) is 12.1 Å². The van der Waals surface area contributed by atoms with E-state index in [1.54, 1.807) is 0 Å². The SMILES string of the molecule is O=CN1CCCC[C@H]1c1ccccc1. The zero-order valence-corrected chi connectivity index (χ0v) is 8.23. The Labute approximate surface area is 84.5 Å². The maximum absolute atomic E-state index is 10.9. The molecule has 1 amide bonds. The zero-order valence-electron chi connectivity index (χ0n) is 8.23. The standard InChI is InChI=1S/C12H15NO/c14-10-13-9-5-4-8-12(13)11-6-2-1-3-7-11/h1-3,6-7,10,12H,4-5,8-9H2/t12-/m0/s1. The predicted molar refractivity (Wildman–Crippen MR) is 55.8 cm³/mol. The highest BCUT2D eigenvalue weighted by Crippen LogP contribution is 2.29. The predicted octanol–water partition coefficient (Wildman–Crippen LogP) is 2.37. The number of amides is 1. The Morgan fingerprint density at radius 3 is 2.71 bits per heavy atom. The molecule has 0 N–H and O–H groups in total. The molecule has 1 aliphatic rings. The van der Waals surface area contributed by atoms with E-state index in [9.17, 15) is 4.79 Å². The Kier molecular flexibility index (Phi) is 2.82. The summed E-state index contributed by atoms with van der Waals surface area (Å²) in [5, 5.41) is 0. The fraction of sp³-hybridized carbons (Fsp3) is 0.417. The molecule has 0 aromatic heterocycles. The maximum atomic E-state index is 10.9. The molecule has 0 bridgehead atoms. The molecule has 1 saturated heterocycles. The van der Waals surface area contributed by atoms with E-state index in [0.717, 1.165) is 25.8 Å². The third-order valence-corrected chi connectivity index (χ3v) is 2.86. The summed E-state index contributed by atoms with van der Waals surface area (Å²) in [6.07, 6.45) is 4.45. The molecule has 0 saturated carbocycles. The summed E-state index contributed by atoms with van der Waals surface area (Å²) < 4.78 is 0. The number of piperidine rings is 1. The van der Waals surface area contributed by atoms with Crippen molar-refractivity contribution < 1.29 is 4.79 Å². The summed E-state index contributed by atoms with van der Waals surface area (Å²) in [4.78, 5) is 12.8. The lowest BCUT2D eigenvalue weighted by molar-refractivity contribution is -0.121. The van der Waals surface area contributed by atoms with Gasteiger partial charge in [0.15, 0.2) is 0 Å². The second-order valence-corrected chi connectivity index (χ2v) is 3.77. The highest BCUT2D eigenvalue weighted by molar-refractivity contribution is 5.49. The monoisotopic (exact) mass is 189 g/mol. The lowest BCUT2D eigenvalue weighted by Gasteiger charge is -2.32. The van der Waals surface area contributed by atoms with E-state index < -0.39 is 0 Å². The van der Waals surface area contributed by atoms with E-state index in [4.69, 9.17) is 0 Å². The summed E-state index contributed by atoms with van der Waals surface area (Å²) in [6.45, 7) is 0.906. The zero-order chi connectivity index (χ0) is 9.80. The first-order valence-corrected chi connectivity index (χ1v) is 5.18. The van der Waals surface area contributed by atoms with E-state index in [1.807, 2.05) is 23.1 Å². The van der Waals surface area contributed by atoms with Crippen LogP contribution in [0.25, 0.3) is 0 Å². The molecule has 0 unspecified atom stereocenters. The normalized spacial score (nSPS) is 22.0. The van der Waals surface area contributed by atoms with Crippen LogP contribution in [-0.2, 0) is 4.79 Å². The minimum Gasteiger partial charge on any atom is -0.338 e. The summed E-state index contributed by atoms with van der Waals surface area (Å²) >= 11 is 0. The third kappa shape index (κ3) is 1.79. The van der Waals surface area contributed by atoms with E-state index >= 15 is 0 Å². The van der Waals surface area contributed by atoms with E-state index in [1.165, 1.54) is 12.0 Å². The first-order valence-electron chi connectivity index (χ1n) is 5.18. The molecule has 14 heavy (non-hydrogen) atoms. The van der Waals surface area contributed by atoms with Gasteiger partial charge in [0.05, 0.1) is 6.04 Å². The number of nitrogens with zero attached hydrogens (tertiary/aromatic N) is 1. The van der Waals surface area contributed by atoms with Crippen LogP contribution in [-0.4, -0.2) is 17.9 Å². The lowest BCUT2D eigenvalue weighted by Crippen LogP contribution is -2.31. The minimum atomic E-state index is 0.308. The first kappa shape index (κ1) is 9.25. The van der Waals surface area contributed by atoms with Crippen LogP contribution in [0, 0.1) is 0 Å². The second kappa shape index (κ2) is 4.27. The van der Waals surface area contributed by atoms with Gasteiger partial charge in [-0.1, -0.05) is 30.3 Å². The topological polar surface area (TPSA) is 20.3 Å². The van der Waals surface area contributed by atoms with Crippen molar-refractivity contribution in [1.82, 2.24) is 4.90 Å². The molecule has 1 atom stereocenters. The summed E-state index contributed by atoms with van der Waals surface area (Å²) in [5.41, 5.74) is 1.26. The largest absolute Gasteiger partial charge is 0.338 e. The number of carbonyl (C=O) groups excluding carboxylic acids is 1. The second-order valence-electron chi connectivity index (χ2n) is 3.77. The Bertz CT molecular complexity index is 296. The van der Waals surface area contributed by atoms with Gasteiger partial charge in [-0.3, -0.25) is 4.79 Å². The van der Waals surface area contributed by atoms with Gasteiger partial charge in [-0.05, 0) is 24.8 Å². The molecular formula is C12H15NO. The van der Waals surface area contributed by atoms with Crippen molar-refractivity contribution in [2.45, 2.75) is 25.3 Å². The number of rotatable bonds is 2. The fourth-order valence-corrected chi connectivity index (χ4v) is 2.11. The molecular weight excluding hydrogens is 174 g/mol. The van der Waals surface area contributed by atoms with Crippen LogP contribution in [0.1, 0.15) is 30.9 Å². The molecule has 2 rings (SSSR count). The van der Waals surface area contributed by atoms with Crippen LogP contribution >= 0.6 is 0 Å². The maximum Gasteiger partial charge on any atom is 0.210 e. The van der Waals surface area contributed by atoms with Crippen molar-refractivity contribution in [2.75, 3.05) is 6.54 Å². The van der Waals surface area contributed by atoms with Gasteiger partial charge in [-0.25, -0.2) is 0 Å². The highest BCUT2D eigenvalue weighted by atomic mass is 16.1. The average Bonchev–Trinajstić information content (AvgIpc) is 2.30. The molecule has 74 valence electrons. The Morgan fingerprint density at radius 2 is 2.00 bits per heavy atom. The summed E-state index contributed by atoms with van der Waals surface area (Å²) in [6, 6.07) is 10.6. The molecule has 0 aliphatic carbocycles. The van der Waals surface area contributed by atoms with Gasteiger partial charge in [0, 0.05) is 6.54 Å². The van der Waals surface area contributed by atoms with Gasteiger partial charge in [-0.2, -0.15) is 0 Å². The number of likely N-dealkylation sites (tertiary alicyclic amines) is 1.